The summed E-state index contributed by atoms with van der Waals surface area (Å²) in [6.07, 6.45) is -2.38. The number of ether oxygens (including phenoxy) is 3. The third-order valence-corrected chi connectivity index (χ3v) is 6.21. The molecule has 152 valence electrons. The van der Waals surface area contributed by atoms with Gasteiger partial charge in [0.2, 0.25) is 0 Å². The fourth-order valence-electron chi connectivity index (χ4n) is 2.37. The smallest absolute Gasteiger partial charge is 0.407 e. The molecule has 0 aromatic heterocycles. The molecule has 0 radical (unpaired) electrons. The van der Waals surface area contributed by atoms with Crippen molar-refractivity contribution in [1.29, 1.82) is 0 Å². The minimum absolute atomic E-state index is 0.161. The van der Waals surface area contributed by atoms with Crippen molar-refractivity contribution in [1.82, 2.24) is 4.67 Å². The first-order valence-electron chi connectivity index (χ1n) is 8.03. The molecular weight excluding hydrogens is 456 g/mol. The number of carbonyl (C=O) groups is 2. The van der Waals surface area contributed by atoms with E-state index in [4.69, 9.17) is 30.3 Å². The van der Waals surface area contributed by atoms with Crippen LogP contribution in [0.25, 0.3) is 0 Å². The van der Waals surface area contributed by atoms with Gasteiger partial charge in [0.1, 0.15) is 18.8 Å². The molecule has 1 saturated heterocycles. The van der Waals surface area contributed by atoms with E-state index in [2.05, 4.69) is 15.9 Å². The lowest BCUT2D eigenvalue weighted by Crippen LogP contribution is -2.50. The number of esters is 2. The van der Waals surface area contributed by atoms with Crippen molar-refractivity contribution in [2.75, 3.05) is 25.6 Å². The van der Waals surface area contributed by atoms with E-state index in [-0.39, 0.29) is 32.0 Å². The Labute approximate surface area is 165 Å². The Morgan fingerprint density at radius 1 is 1.38 bits per heavy atom. The maximum Gasteiger partial charge on any atom is 0.407 e. The zero-order chi connectivity index (χ0) is 19.9. The van der Waals surface area contributed by atoms with Gasteiger partial charge in [0.05, 0.1) is 4.83 Å². The Morgan fingerprint density at radius 2 is 2.04 bits per heavy atom. The molecular formula is C14H24BrClNO8P. The second kappa shape index (κ2) is 10.9. The van der Waals surface area contributed by atoms with Gasteiger partial charge in [-0.15, -0.1) is 11.6 Å². The molecule has 0 aromatic rings. The van der Waals surface area contributed by atoms with Gasteiger partial charge in [0.25, 0.3) is 0 Å². The van der Waals surface area contributed by atoms with E-state index in [1.54, 1.807) is 6.92 Å². The van der Waals surface area contributed by atoms with Crippen molar-refractivity contribution < 1.29 is 37.8 Å². The minimum Gasteiger partial charge on any atom is -0.463 e. The Bertz CT molecular complexity index is 539. The minimum atomic E-state index is -4.16. The van der Waals surface area contributed by atoms with Gasteiger partial charge in [-0.25, -0.2) is 9.24 Å². The highest BCUT2D eigenvalue weighted by atomic mass is 79.9. The number of halogens is 2. The van der Waals surface area contributed by atoms with E-state index in [1.807, 2.05) is 0 Å². The molecule has 5 unspecified atom stereocenters. The number of nitrogens with zero attached hydrogens (tertiary/aromatic N) is 1. The lowest BCUT2D eigenvalue weighted by atomic mass is 10.1. The molecule has 0 saturated carbocycles. The highest BCUT2D eigenvalue weighted by Gasteiger charge is 2.44. The van der Waals surface area contributed by atoms with E-state index in [9.17, 15) is 19.0 Å². The van der Waals surface area contributed by atoms with Crippen molar-refractivity contribution in [3.05, 3.63) is 0 Å². The Balaban J connectivity index is 2.87. The molecule has 1 aliphatic heterocycles. The van der Waals surface area contributed by atoms with E-state index in [1.165, 1.54) is 18.5 Å². The van der Waals surface area contributed by atoms with Crippen LogP contribution in [-0.4, -0.2) is 70.4 Å². The molecule has 1 N–H and O–H groups in total. The van der Waals surface area contributed by atoms with Gasteiger partial charge in [-0.2, -0.15) is 0 Å². The van der Waals surface area contributed by atoms with Crippen LogP contribution in [0, 0.1) is 0 Å². The van der Waals surface area contributed by atoms with Crippen LogP contribution in [0.15, 0.2) is 0 Å². The van der Waals surface area contributed by atoms with E-state index < -0.39 is 43.0 Å². The van der Waals surface area contributed by atoms with Gasteiger partial charge < -0.3 is 19.1 Å². The summed E-state index contributed by atoms with van der Waals surface area (Å²) < 4.78 is 34.8. The highest BCUT2D eigenvalue weighted by molar-refractivity contribution is 9.09. The van der Waals surface area contributed by atoms with Gasteiger partial charge in [-0.3, -0.25) is 14.1 Å². The van der Waals surface area contributed by atoms with Crippen LogP contribution in [0.1, 0.15) is 27.2 Å². The van der Waals surface area contributed by atoms with Crippen molar-refractivity contribution in [2.24, 2.45) is 0 Å². The quantitative estimate of drug-likeness (QED) is 0.301. The van der Waals surface area contributed by atoms with Crippen LogP contribution in [0.5, 0.6) is 0 Å². The summed E-state index contributed by atoms with van der Waals surface area (Å²) in [6, 6.07) is 0. The van der Waals surface area contributed by atoms with Gasteiger partial charge in [-0.05, 0) is 0 Å². The average Bonchev–Trinajstić information content (AvgIpc) is 2.52. The van der Waals surface area contributed by atoms with Crippen molar-refractivity contribution in [3.8, 4) is 0 Å². The SMILES string of the molecule is CCN(CCCl)P(=O)(O)OC1OC(COC(C)=O)C(OC(C)=O)CC1Br. The number of carbonyl (C=O) groups excluding carboxylic acids is 2. The third kappa shape index (κ3) is 7.42. The second-order valence-corrected chi connectivity index (χ2v) is 8.89. The van der Waals surface area contributed by atoms with E-state index in [0.29, 0.717) is 0 Å². The Hall–Kier alpha value is -0.220. The maximum atomic E-state index is 12.5. The van der Waals surface area contributed by atoms with Crippen molar-refractivity contribution in [2.45, 2.75) is 50.5 Å². The molecule has 0 amide bonds. The largest absolute Gasteiger partial charge is 0.463 e. The monoisotopic (exact) mass is 479 g/mol. The fraction of sp³-hybridized carbons (Fsp3) is 0.857. The molecule has 26 heavy (non-hydrogen) atoms. The predicted molar refractivity (Wildman–Crippen MR) is 97.1 cm³/mol. The molecule has 1 aliphatic rings. The molecule has 1 fully saturated rings. The summed E-state index contributed by atoms with van der Waals surface area (Å²) in [7, 11) is -4.16. The molecule has 1 heterocycles. The van der Waals surface area contributed by atoms with Crippen LogP contribution in [0.3, 0.4) is 0 Å². The first kappa shape index (κ1) is 23.8. The molecule has 12 heteroatoms. The second-order valence-electron chi connectivity index (χ2n) is 5.58. The maximum absolute atomic E-state index is 12.5. The molecule has 0 aliphatic carbocycles. The molecule has 9 nitrogen and oxygen atoms in total. The lowest BCUT2D eigenvalue weighted by Gasteiger charge is -2.39. The summed E-state index contributed by atoms with van der Waals surface area (Å²) in [4.78, 5) is 32.0. The summed E-state index contributed by atoms with van der Waals surface area (Å²) in [5.74, 6) is -0.882. The standard InChI is InChI=1S/C14H24BrClNO8P/c1-4-17(6-5-16)26(20,21)25-14-11(15)7-12(23-10(3)19)13(24-14)8-22-9(2)18/h11-14H,4-8H2,1-3H3,(H,20,21). The van der Waals surface area contributed by atoms with Crippen LogP contribution < -0.4 is 0 Å². The van der Waals surface area contributed by atoms with Gasteiger partial charge >= 0.3 is 19.7 Å². The topological polar surface area (TPSA) is 112 Å². The number of hydrogen-bond donors (Lipinski definition) is 1. The van der Waals surface area contributed by atoms with Crippen LogP contribution in [0.2, 0.25) is 0 Å². The number of alkyl halides is 2. The van der Waals surface area contributed by atoms with Crippen LogP contribution in [0.4, 0.5) is 0 Å². The van der Waals surface area contributed by atoms with Gasteiger partial charge in [0, 0.05) is 39.2 Å². The molecule has 0 aromatic carbocycles. The van der Waals surface area contributed by atoms with E-state index >= 15 is 0 Å². The number of rotatable bonds is 9. The summed E-state index contributed by atoms with van der Waals surface area (Å²) in [6.45, 7) is 4.43. The van der Waals surface area contributed by atoms with Crippen molar-refractivity contribution >= 4 is 47.2 Å². The average molecular weight is 481 g/mol. The first-order chi connectivity index (χ1) is 12.1. The predicted octanol–water partition coefficient (Wildman–Crippen LogP) is 2.04. The first-order valence-corrected chi connectivity index (χ1v) is 11.0. The highest BCUT2D eigenvalue weighted by Crippen LogP contribution is 2.49. The van der Waals surface area contributed by atoms with Gasteiger partial charge in [-0.1, -0.05) is 22.9 Å². The normalized spacial score (nSPS) is 28.4. The summed E-state index contributed by atoms with van der Waals surface area (Å²) in [5, 5.41) is 0. The Kier molecular flexibility index (Phi) is 10.0. The van der Waals surface area contributed by atoms with Crippen LogP contribution in [-0.2, 0) is 32.9 Å². The van der Waals surface area contributed by atoms with Crippen LogP contribution >= 0.6 is 35.3 Å². The molecule has 1 rings (SSSR count). The van der Waals surface area contributed by atoms with Gasteiger partial charge in [0.15, 0.2) is 6.29 Å². The molecule has 0 spiro atoms. The zero-order valence-electron chi connectivity index (χ0n) is 14.8. The third-order valence-electron chi connectivity index (χ3n) is 3.55. The van der Waals surface area contributed by atoms with E-state index in [0.717, 1.165) is 0 Å². The fourth-order valence-corrected chi connectivity index (χ4v) is 4.77. The molecule has 0 bridgehead atoms. The zero-order valence-corrected chi connectivity index (χ0v) is 18.0. The molecule has 5 atom stereocenters. The Morgan fingerprint density at radius 3 is 2.54 bits per heavy atom. The van der Waals surface area contributed by atoms with Crippen molar-refractivity contribution in [3.63, 3.8) is 0 Å². The number of hydrogen-bond acceptors (Lipinski definition) is 7. The lowest BCUT2D eigenvalue weighted by molar-refractivity contribution is -0.212. The summed E-state index contributed by atoms with van der Waals surface area (Å²) >= 11 is 8.98. The summed E-state index contributed by atoms with van der Waals surface area (Å²) in [5.41, 5.74) is 0.